The van der Waals surface area contributed by atoms with Gasteiger partial charge in [0.05, 0.1) is 31.9 Å². The summed E-state index contributed by atoms with van der Waals surface area (Å²) in [6.07, 6.45) is -4.40. The molecule has 0 aliphatic carbocycles. The fourth-order valence-corrected chi connectivity index (χ4v) is 2.40. The van der Waals surface area contributed by atoms with E-state index in [1.54, 1.807) is 25.3 Å². The lowest BCUT2D eigenvalue weighted by Crippen LogP contribution is -2.06. The number of alkyl halides is 3. The van der Waals surface area contributed by atoms with Gasteiger partial charge in [-0.1, -0.05) is 11.2 Å². The number of anilines is 1. The van der Waals surface area contributed by atoms with Crippen LogP contribution in [0.4, 0.5) is 18.9 Å². The number of benzene rings is 2. The molecule has 3 rings (SSSR count). The van der Waals surface area contributed by atoms with E-state index >= 15 is 0 Å². The predicted molar refractivity (Wildman–Crippen MR) is 91.6 cm³/mol. The lowest BCUT2D eigenvalue weighted by Gasteiger charge is -2.09. The molecule has 0 saturated heterocycles. The van der Waals surface area contributed by atoms with Crippen molar-refractivity contribution in [1.82, 2.24) is 10.1 Å². The monoisotopic (exact) mass is 379 g/mol. The van der Waals surface area contributed by atoms with Crippen molar-refractivity contribution in [1.29, 1.82) is 0 Å². The van der Waals surface area contributed by atoms with Crippen LogP contribution in [0.25, 0.3) is 11.4 Å². The molecule has 0 spiro atoms. The molecule has 142 valence electrons. The van der Waals surface area contributed by atoms with Crippen molar-refractivity contribution in [2.24, 2.45) is 0 Å². The lowest BCUT2D eigenvalue weighted by molar-refractivity contribution is -0.137. The van der Waals surface area contributed by atoms with Crippen LogP contribution in [0.5, 0.6) is 11.5 Å². The number of aromatic nitrogens is 2. The third-order valence-corrected chi connectivity index (χ3v) is 3.75. The van der Waals surface area contributed by atoms with Crippen molar-refractivity contribution in [3.63, 3.8) is 0 Å². The third-order valence-electron chi connectivity index (χ3n) is 3.75. The summed E-state index contributed by atoms with van der Waals surface area (Å²) in [5, 5.41) is 6.73. The standard InChI is InChI=1S/C18H16F3N3O3/c1-25-13-6-7-14(15(9-13)26-2)17-23-16(27-24-17)10-22-12-5-3-4-11(8-12)18(19,20)21/h3-9,22H,10H2,1-2H3. The van der Waals surface area contributed by atoms with E-state index in [4.69, 9.17) is 14.0 Å². The molecule has 2 aromatic carbocycles. The molecule has 0 unspecified atom stereocenters. The molecule has 1 aromatic heterocycles. The maximum Gasteiger partial charge on any atom is 0.416 e. The van der Waals surface area contributed by atoms with Gasteiger partial charge in [0.2, 0.25) is 11.7 Å². The van der Waals surface area contributed by atoms with Gasteiger partial charge in [-0.3, -0.25) is 0 Å². The Kier molecular flexibility index (Phi) is 5.20. The van der Waals surface area contributed by atoms with E-state index in [-0.39, 0.29) is 12.4 Å². The van der Waals surface area contributed by atoms with Gasteiger partial charge in [0.15, 0.2) is 0 Å². The first-order chi connectivity index (χ1) is 12.9. The summed E-state index contributed by atoms with van der Waals surface area (Å²) in [6, 6.07) is 10.0. The number of nitrogens with zero attached hydrogens (tertiary/aromatic N) is 2. The van der Waals surface area contributed by atoms with Crippen molar-refractivity contribution >= 4 is 5.69 Å². The number of hydrogen-bond acceptors (Lipinski definition) is 6. The summed E-state index contributed by atoms with van der Waals surface area (Å²) in [4.78, 5) is 4.25. The number of rotatable bonds is 6. The Labute approximate surface area is 152 Å². The smallest absolute Gasteiger partial charge is 0.416 e. The van der Waals surface area contributed by atoms with Crippen LogP contribution in [0.3, 0.4) is 0 Å². The second-order valence-corrected chi connectivity index (χ2v) is 5.51. The predicted octanol–water partition coefficient (Wildman–Crippen LogP) is 4.38. The Morgan fingerprint density at radius 1 is 1.07 bits per heavy atom. The van der Waals surface area contributed by atoms with Crippen molar-refractivity contribution in [2.75, 3.05) is 19.5 Å². The fourth-order valence-electron chi connectivity index (χ4n) is 2.40. The Bertz CT molecular complexity index is 925. The van der Waals surface area contributed by atoms with Crippen LogP contribution < -0.4 is 14.8 Å². The van der Waals surface area contributed by atoms with Crippen molar-refractivity contribution in [3.05, 3.63) is 53.9 Å². The molecule has 3 aromatic rings. The van der Waals surface area contributed by atoms with E-state index in [0.717, 1.165) is 12.1 Å². The average molecular weight is 379 g/mol. The second-order valence-electron chi connectivity index (χ2n) is 5.51. The molecule has 1 heterocycles. The molecule has 0 bridgehead atoms. The van der Waals surface area contributed by atoms with Gasteiger partial charge in [0.25, 0.3) is 0 Å². The summed E-state index contributed by atoms with van der Waals surface area (Å²) in [6.45, 7) is 0.0762. The van der Waals surface area contributed by atoms with Gasteiger partial charge >= 0.3 is 6.18 Å². The number of methoxy groups -OCH3 is 2. The first-order valence-corrected chi connectivity index (χ1v) is 7.87. The molecule has 0 aliphatic heterocycles. The maximum absolute atomic E-state index is 12.8. The van der Waals surface area contributed by atoms with Crippen molar-refractivity contribution < 1.29 is 27.2 Å². The number of hydrogen-bond donors (Lipinski definition) is 1. The van der Waals surface area contributed by atoms with E-state index in [9.17, 15) is 13.2 Å². The van der Waals surface area contributed by atoms with E-state index in [2.05, 4.69) is 15.5 Å². The number of ether oxygens (including phenoxy) is 2. The molecule has 0 radical (unpaired) electrons. The molecule has 1 N–H and O–H groups in total. The molecule has 0 amide bonds. The molecular formula is C18H16F3N3O3. The molecule has 0 atom stereocenters. The topological polar surface area (TPSA) is 69.4 Å². The third kappa shape index (κ3) is 4.30. The van der Waals surface area contributed by atoms with Crippen LogP contribution in [-0.4, -0.2) is 24.4 Å². The Balaban J connectivity index is 1.74. The van der Waals surface area contributed by atoms with E-state index in [1.807, 2.05) is 0 Å². The molecule has 6 nitrogen and oxygen atoms in total. The first kappa shape index (κ1) is 18.6. The minimum absolute atomic E-state index is 0.0762. The number of nitrogens with one attached hydrogen (secondary N) is 1. The molecule has 0 fully saturated rings. The summed E-state index contributed by atoms with van der Waals surface area (Å²) in [7, 11) is 3.05. The zero-order chi connectivity index (χ0) is 19.4. The molecule has 0 saturated carbocycles. The van der Waals surface area contributed by atoms with Gasteiger partial charge in [-0.25, -0.2) is 0 Å². The second kappa shape index (κ2) is 7.56. The Hall–Kier alpha value is -3.23. The van der Waals surface area contributed by atoms with E-state index < -0.39 is 11.7 Å². The summed E-state index contributed by atoms with van der Waals surface area (Å²) in [5.41, 5.74) is 0.167. The van der Waals surface area contributed by atoms with Gasteiger partial charge in [0, 0.05) is 11.8 Å². The van der Waals surface area contributed by atoms with E-state index in [0.29, 0.717) is 28.6 Å². The van der Waals surface area contributed by atoms with Crippen molar-refractivity contribution in [3.8, 4) is 22.9 Å². The lowest BCUT2D eigenvalue weighted by atomic mass is 10.2. The first-order valence-electron chi connectivity index (χ1n) is 7.87. The zero-order valence-corrected chi connectivity index (χ0v) is 14.5. The van der Waals surface area contributed by atoms with Gasteiger partial charge in [0.1, 0.15) is 11.5 Å². The van der Waals surface area contributed by atoms with Crippen LogP contribution in [-0.2, 0) is 12.7 Å². The highest BCUT2D eigenvalue weighted by Crippen LogP contribution is 2.32. The Morgan fingerprint density at radius 2 is 1.89 bits per heavy atom. The van der Waals surface area contributed by atoms with Crippen LogP contribution >= 0.6 is 0 Å². The summed E-state index contributed by atoms with van der Waals surface area (Å²) in [5.74, 6) is 1.65. The molecule has 0 aliphatic rings. The van der Waals surface area contributed by atoms with Crippen LogP contribution in [0, 0.1) is 0 Å². The quantitative estimate of drug-likeness (QED) is 0.685. The highest BCUT2D eigenvalue weighted by Gasteiger charge is 2.30. The minimum atomic E-state index is -4.40. The minimum Gasteiger partial charge on any atom is -0.497 e. The summed E-state index contributed by atoms with van der Waals surface area (Å²) >= 11 is 0. The fraction of sp³-hybridized carbons (Fsp3) is 0.222. The average Bonchev–Trinajstić information content (AvgIpc) is 3.14. The molecule has 9 heteroatoms. The van der Waals surface area contributed by atoms with Gasteiger partial charge in [-0.05, 0) is 30.3 Å². The summed E-state index contributed by atoms with van der Waals surface area (Å²) < 4.78 is 53.9. The zero-order valence-electron chi connectivity index (χ0n) is 14.5. The van der Waals surface area contributed by atoms with Crippen molar-refractivity contribution in [2.45, 2.75) is 12.7 Å². The van der Waals surface area contributed by atoms with Gasteiger partial charge < -0.3 is 19.3 Å². The van der Waals surface area contributed by atoms with Crippen LogP contribution in [0.15, 0.2) is 47.0 Å². The highest BCUT2D eigenvalue weighted by molar-refractivity contribution is 5.65. The van der Waals surface area contributed by atoms with E-state index in [1.165, 1.54) is 19.2 Å². The maximum atomic E-state index is 12.8. The number of halogens is 3. The van der Waals surface area contributed by atoms with Gasteiger partial charge in [-0.2, -0.15) is 18.2 Å². The van der Waals surface area contributed by atoms with Gasteiger partial charge in [-0.15, -0.1) is 0 Å². The SMILES string of the molecule is COc1ccc(-c2noc(CNc3cccc(C(F)(F)F)c3)n2)c(OC)c1. The molecule has 27 heavy (non-hydrogen) atoms. The molecular weight excluding hydrogens is 363 g/mol. The van der Waals surface area contributed by atoms with Crippen LogP contribution in [0.1, 0.15) is 11.5 Å². The normalized spacial score (nSPS) is 11.3. The highest BCUT2D eigenvalue weighted by atomic mass is 19.4. The Morgan fingerprint density at radius 3 is 2.59 bits per heavy atom. The van der Waals surface area contributed by atoms with Crippen LogP contribution in [0.2, 0.25) is 0 Å². The largest absolute Gasteiger partial charge is 0.497 e.